The number of ether oxygens (including phenoxy) is 1. The molecule has 0 unspecified atom stereocenters. The average molecular weight is 580 g/mol. The Morgan fingerprint density at radius 3 is 2.47 bits per heavy atom. The predicted octanol–water partition coefficient (Wildman–Crippen LogP) is 5.45. The van der Waals surface area contributed by atoms with Gasteiger partial charge in [0.2, 0.25) is 5.91 Å². The number of nitrogens with zero attached hydrogens (tertiary/aromatic N) is 2. The lowest BCUT2D eigenvalue weighted by Crippen LogP contribution is -2.40. The van der Waals surface area contributed by atoms with E-state index in [1.807, 2.05) is 42.5 Å². The summed E-state index contributed by atoms with van der Waals surface area (Å²) in [7, 11) is 0. The Bertz CT molecular complexity index is 1080. The second-order valence-corrected chi connectivity index (χ2v) is 10.2. The standard InChI is InChI=1S/C23H20Br2N2O4S/c24-17-6-3-15(4-7-17)14-31-19-8-5-16(11-18(19)25)12-20-22(29)27(23(30)32-20)13-21(28)26-9-1-2-10-26/h3-8,11-12H,1-2,9-10,13-14H2/b20-12+. The molecular formula is C23H20Br2N2O4S. The van der Waals surface area contributed by atoms with Crippen molar-refractivity contribution < 1.29 is 19.1 Å². The Labute approximate surface area is 207 Å². The maximum atomic E-state index is 12.7. The number of likely N-dealkylation sites (tertiary alicyclic amines) is 1. The first-order valence-corrected chi connectivity index (χ1v) is 12.5. The molecule has 2 fully saturated rings. The summed E-state index contributed by atoms with van der Waals surface area (Å²) in [6.07, 6.45) is 3.59. The van der Waals surface area contributed by atoms with E-state index >= 15 is 0 Å². The molecule has 2 aromatic rings. The fraction of sp³-hybridized carbons (Fsp3) is 0.261. The first-order chi connectivity index (χ1) is 15.4. The minimum Gasteiger partial charge on any atom is -0.488 e. The summed E-state index contributed by atoms with van der Waals surface area (Å²) >= 11 is 7.78. The van der Waals surface area contributed by atoms with Gasteiger partial charge in [0.15, 0.2) is 0 Å². The fourth-order valence-electron chi connectivity index (χ4n) is 3.46. The van der Waals surface area contributed by atoms with E-state index in [1.54, 1.807) is 11.0 Å². The van der Waals surface area contributed by atoms with E-state index in [0.29, 0.717) is 30.4 Å². The van der Waals surface area contributed by atoms with Crippen LogP contribution < -0.4 is 4.74 Å². The Kier molecular flexibility index (Phi) is 7.37. The number of carbonyl (C=O) groups is 3. The summed E-state index contributed by atoms with van der Waals surface area (Å²) in [5, 5.41) is -0.415. The van der Waals surface area contributed by atoms with Gasteiger partial charge in [0.05, 0.1) is 9.38 Å². The molecular weight excluding hydrogens is 560 g/mol. The number of imide groups is 1. The number of halogens is 2. The lowest BCUT2D eigenvalue weighted by molar-refractivity contribution is -0.135. The van der Waals surface area contributed by atoms with Gasteiger partial charge >= 0.3 is 0 Å². The molecule has 2 saturated heterocycles. The predicted molar refractivity (Wildman–Crippen MR) is 131 cm³/mol. The third kappa shape index (κ3) is 5.44. The van der Waals surface area contributed by atoms with E-state index < -0.39 is 11.1 Å². The van der Waals surface area contributed by atoms with Crippen LogP contribution in [-0.4, -0.2) is 46.5 Å². The lowest BCUT2D eigenvalue weighted by Gasteiger charge is -2.18. The van der Waals surface area contributed by atoms with E-state index in [1.165, 1.54) is 0 Å². The Balaban J connectivity index is 1.41. The highest BCUT2D eigenvalue weighted by Gasteiger charge is 2.37. The zero-order valence-corrected chi connectivity index (χ0v) is 21.0. The van der Waals surface area contributed by atoms with Gasteiger partial charge in [-0.25, -0.2) is 0 Å². The topological polar surface area (TPSA) is 66.9 Å². The second-order valence-electron chi connectivity index (χ2n) is 7.46. The Morgan fingerprint density at radius 1 is 1.06 bits per heavy atom. The van der Waals surface area contributed by atoms with Crippen molar-refractivity contribution in [1.29, 1.82) is 0 Å². The number of amides is 3. The number of benzene rings is 2. The zero-order chi connectivity index (χ0) is 22.7. The molecule has 4 rings (SSSR count). The normalized spacial score (nSPS) is 17.5. The Hall–Kier alpha value is -2.10. The summed E-state index contributed by atoms with van der Waals surface area (Å²) in [5.41, 5.74) is 1.80. The van der Waals surface area contributed by atoms with Crippen LogP contribution in [0.3, 0.4) is 0 Å². The summed E-state index contributed by atoms with van der Waals surface area (Å²) in [5.74, 6) is 0.0645. The van der Waals surface area contributed by atoms with E-state index in [9.17, 15) is 14.4 Å². The number of hydrogen-bond acceptors (Lipinski definition) is 5. The van der Waals surface area contributed by atoms with Gasteiger partial charge in [-0.05, 0) is 82.0 Å². The molecule has 0 atom stereocenters. The molecule has 0 aromatic heterocycles. The largest absolute Gasteiger partial charge is 0.488 e. The first kappa shape index (κ1) is 23.1. The van der Waals surface area contributed by atoms with Gasteiger partial charge in [0.1, 0.15) is 18.9 Å². The van der Waals surface area contributed by atoms with Crippen LogP contribution in [0.25, 0.3) is 6.08 Å². The molecule has 32 heavy (non-hydrogen) atoms. The molecule has 6 nitrogen and oxygen atoms in total. The van der Waals surface area contributed by atoms with Crippen LogP contribution in [0.1, 0.15) is 24.0 Å². The monoisotopic (exact) mass is 578 g/mol. The number of hydrogen-bond donors (Lipinski definition) is 0. The molecule has 2 aromatic carbocycles. The van der Waals surface area contributed by atoms with Crippen LogP contribution in [0, 0.1) is 0 Å². The number of thioether (sulfide) groups is 1. The smallest absolute Gasteiger partial charge is 0.294 e. The van der Waals surface area contributed by atoms with Crippen LogP contribution in [0.4, 0.5) is 4.79 Å². The van der Waals surface area contributed by atoms with Crippen molar-refractivity contribution in [2.24, 2.45) is 0 Å². The summed E-state index contributed by atoms with van der Waals surface area (Å²) in [6.45, 7) is 1.61. The van der Waals surface area contributed by atoms with Gasteiger partial charge in [-0.3, -0.25) is 19.3 Å². The van der Waals surface area contributed by atoms with Crippen LogP contribution in [0.2, 0.25) is 0 Å². The van der Waals surface area contributed by atoms with Crippen molar-refractivity contribution in [1.82, 2.24) is 9.80 Å². The highest BCUT2D eigenvalue weighted by molar-refractivity contribution is 9.10. The SMILES string of the molecule is O=C(CN1C(=O)S/C(=C/c2ccc(OCc3ccc(Br)cc3)c(Br)c2)C1=O)N1CCCC1. The molecule has 0 N–H and O–H groups in total. The minimum atomic E-state index is -0.431. The van der Waals surface area contributed by atoms with Gasteiger partial charge in [0.25, 0.3) is 11.1 Å². The van der Waals surface area contributed by atoms with Crippen molar-refractivity contribution in [2.45, 2.75) is 19.4 Å². The van der Waals surface area contributed by atoms with Crippen molar-refractivity contribution in [3.05, 3.63) is 67.4 Å². The maximum absolute atomic E-state index is 12.7. The number of rotatable bonds is 6. The van der Waals surface area contributed by atoms with E-state index in [0.717, 1.165) is 49.6 Å². The van der Waals surface area contributed by atoms with Crippen molar-refractivity contribution in [3.8, 4) is 5.75 Å². The van der Waals surface area contributed by atoms with E-state index in [2.05, 4.69) is 31.9 Å². The first-order valence-electron chi connectivity index (χ1n) is 10.1. The van der Waals surface area contributed by atoms with Gasteiger partial charge < -0.3 is 9.64 Å². The zero-order valence-electron chi connectivity index (χ0n) is 17.1. The van der Waals surface area contributed by atoms with Gasteiger partial charge in [-0.2, -0.15) is 0 Å². The molecule has 2 heterocycles. The molecule has 2 aliphatic rings. The molecule has 0 aliphatic carbocycles. The highest BCUT2D eigenvalue weighted by Crippen LogP contribution is 2.34. The fourth-order valence-corrected chi connectivity index (χ4v) is 5.07. The quantitative estimate of drug-likeness (QED) is 0.426. The van der Waals surface area contributed by atoms with Gasteiger partial charge in [-0.1, -0.05) is 34.1 Å². The van der Waals surface area contributed by atoms with Crippen molar-refractivity contribution in [2.75, 3.05) is 19.6 Å². The summed E-state index contributed by atoms with van der Waals surface area (Å²) in [4.78, 5) is 40.4. The molecule has 0 spiro atoms. The van der Waals surface area contributed by atoms with Crippen molar-refractivity contribution >= 4 is 66.8 Å². The van der Waals surface area contributed by atoms with Crippen LogP contribution in [0.5, 0.6) is 5.75 Å². The maximum Gasteiger partial charge on any atom is 0.294 e. The average Bonchev–Trinajstić information content (AvgIpc) is 3.39. The summed E-state index contributed by atoms with van der Waals surface area (Å²) in [6, 6.07) is 13.4. The second kappa shape index (κ2) is 10.2. The van der Waals surface area contributed by atoms with Gasteiger partial charge in [0, 0.05) is 17.6 Å². The summed E-state index contributed by atoms with van der Waals surface area (Å²) < 4.78 is 7.63. The lowest BCUT2D eigenvalue weighted by atomic mass is 10.2. The molecule has 0 bridgehead atoms. The molecule has 0 saturated carbocycles. The van der Waals surface area contributed by atoms with E-state index in [-0.39, 0.29) is 12.5 Å². The van der Waals surface area contributed by atoms with Crippen LogP contribution in [0.15, 0.2) is 56.3 Å². The van der Waals surface area contributed by atoms with Gasteiger partial charge in [-0.15, -0.1) is 0 Å². The number of carbonyl (C=O) groups excluding carboxylic acids is 3. The van der Waals surface area contributed by atoms with E-state index in [4.69, 9.17) is 4.74 Å². The molecule has 9 heteroatoms. The van der Waals surface area contributed by atoms with Crippen LogP contribution >= 0.6 is 43.6 Å². The Morgan fingerprint density at radius 2 is 1.78 bits per heavy atom. The molecule has 2 aliphatic heterocycles. The third-order valence-electron chi connectivity index (χ3n) is 5.19. The molecule has 3 amide bonds. The van der Waals surface area contributed by atoms with Crippen LogP contribution in [-0.2, 0) is 16.2 Å². The molecule has 166 valence electrons. The van der Waals surface area contributed by atoms with Crippen molar-refractivity contribution in [3.63, 3.8) is 0 Å². The minimum absolute atomic E-state index is 0.180. The third-order valence-corrected chi connectivity index (χ3v) is 7.24. The highest BCUT2D eigenvalue weighted by atomic mass is 79.9. The molecule has 0 radical (unpaired) electrons.